The van der Waals surface area contributed by atoms with Crippen molar-refractivity contribution in [2.75, 3.05) is 0 Å². The van der Waals surface area contributed by atoms with Gasteiger partial charge in [-0.25, -0.2) is 0 Å². The molecule has 1 atom stereocenters. The summed E-state index contributed by atoms with van der Waals surface area (Å²) in [5, 5.41) is 3.56. The Morgan fingerprint density at radius 1 is 1.45 bits per heavy atom. The van der Waals surface area contributed by atoms with Crippen molar-refractivity contribution in [3.63, 3.8) is 0 Å². The van der Waals surface area contributed by atoms with E-state index in [0.29, 0.717) is 5.92 Å². The van der Waals surface area contributed by atoms with Crippen molar-refractivity contribution in [2.45, 2.75) is 38.1 Å². The highest BCUT2D eigenvalue weighted by Gasteiger charge is 2.38. The van der Waals surface area contributed by atoms with E-state index in [-0.39, 0.29) is 5.54 Å². The molecular formula is C15H18BrNS3. The summed E-state index contributed by atoms with van der Waals surface area (Å²) in [6, 6.07) is 8.52. The maximum absolute atomic E-state index is 5.41. The van der Waals surface area contributed by atoms with Crippen molar-refractivity contribution in [1.29, 1.82) is 0 Å². The van der Waals surface area contributed by atoms with E-state index in [4.69, 9.17) is 24.4 Å². The van der Waals surface area contributed by atoms with E-state index < -0.39 is 0 Å². The normalized spacial score (nSPS) is 18.5. The lowest BCUT2D eigenvalue weighted by molar-refractivity contribution is 0.275. The van der Waals surface area contributed by atoms with Crippen LogP contribution in [0.1, 0.15) is 38.2 Å². The van der Waals surface area contributed by atoms with Gasteiger partial charge >= 0.3 is 0 Å². The summed E-state index contributed by atoms with van der Waals surface area (Å²) < 4.78 is 3.48. The maximum atomic E-state index is 5.41. The fourth-order valence-corrected chi connectivity index (χ4v) is 4.60. The van der Waals surface area contributed by atoms with Gasteiger partial charge in [0, 0.05) is 9.17 Å². The van der Waals surface area contributed by atoms with Gasteiger partial charge in [-0.2, -0.15) is 0 Å². The molecule has 1 aromatic carbocycles. The zero-order chi connectivity index (χ0) is 14.6. The number of benzene rings is 1. The minimum Gasteiger partial charge on any atom is -0.361 e. The highest BCUT2D eigenvalue weighted by atomic mass is 79.9. The number of rotatable bonds is 4. The standard InChI is InChI=1S/C15H18BrNS3/c1-15(11-5-2-3-6-11,17-14(19)20-10-18)12-7-4-8-13(16)9-12/h4,7-11H,2-3,5-6H2,1H3,(H,17,19). The van der Waals surface area contributed by atoms with Crippen molar-refractivity contribution in [3.8, 4) is 0 Å². The van der Waals surface area contributed by atoms with Gasteiger partial charge in [-0.15, -0.1) is 0 Å². The second-order valence-corrected chi connectivity index (χ2v) is 8.32. The van der Waals surface area contributed by atoms with Crippen LogP contribution in [-0.4, -0.2) is 9.02 Å². The molecule has 0 heterocycles. The highest BCUT2D eigenvalue weighted by Crippen LogP contribution is 2.41. The summed E-state index contributed by atoms with van der Waals surface area (Å²) >= 11 is 15.3. The van der Waals surface area contributed by atoms with E-state index >= 15 is 0 Å². The fraction of sp³-hybridized carbons (Fsp3) is 0.467. The van der Waals surface area contributed by atoms with Gasteiger partial charge in [0.25, 0.3) is 0 Å². The van der Waals surface area contributed by atoms with Crippen LogP contribution in [0.3, 0.4) is 0 Å². The summed E-state index contributed by atoms with van der Waals surface area (Å²) in [7, 11) is 0. The lowest BCUT2D eigenvalue weighted by atomic mass is 9.78. The molecule has 1 saturated carbocycles. The maximum Gasteiger partial charge on any atom is 0.139 e. The Morgan fingerprint density at radius 2 is 2.15 bits per heavy atom. The Labute approximate surface area is 144 Å². The third kappa shape index (κ3) is 3.81. The minimum absolute atomic E-state index is 0.122. The van der Waals surface area contributed by atoms with Gasteiger partial charge in [-0.05, 0) is 43.4 Å². The van der Waals surface area contributed by atoms with Crippen LogP contribution >= 0.6 is 52.1 Å². The van der Waals surface area contributed by atoms with Gasteiger partial charge in [-0.1, -0.05) is 77.1 Å². The summed E-state index contributed by atoms with van der Waals surface area (Å²) in [6.07, 6.45) is 5.12. The monoisotopic (exact) mass is 387 g/mol. The molecule has 1 fully saturated rings. The lowest BCUT2D eigenvalue weighted by Gasteiger charge is -2.38. The molecule has 1 nitrogen and oxygen atoms in total. The molecule has 0 bridgehead atoms. The van der Waals surface area contributed by atoms with Crippen LogP contribution < -0.4 is 5.32 Å². The van der Waals surface area contributed by atoms with Gasteiger partial charge < -0.3 is 5.32 Å². The molecule has 5 heteroatoms. The number of hydrogen-bond donors (Lipinski definition) is 1. The topological polar surface area (TPSA) is 12.0 Å². The van der Waals surface area contributed by atoms with Crippen molar-refractivity contribution in [1.82, 2.24) is 5.32 Å². The first kappa shape index (κ1) is 16.4. The fourth-order valence-electron chi connectivity index (χ4n) is 3.01. The summed E-state index contributed by atoms with van der Waals surface area (Å²) in [5.74, 6) is 0.612. The van der Waals surface area contributed by atoms with Crippen LogP contribution in [0.15, 0.2) is 28.7 Å². The molecule has 0 spiro atoms. The largest absolute Gasteiger partial charge is 0.361 e. The van der Waals surface area contributed by atoms with Crippen LogP contribution in [-0.2, 0) is 5.54 Å². The highest BCUT2D eigenvalue weighted by molar-refractivity contribution is 9.10. The Hall–Kier alpha value is 0.0300. The number of hydrogen-bond acceptors (Lipinski definition) is 3. The zero-order valence-electron chi connectivity index (χ0n) is 11.4. The van der Waals surface area contributed by atoms with Crippen molar-refractivity contribution in [2.24, 2.45) is 5.92 Å². The first-order valence-electron chi connectivity index (χ1n) is 6.75. The molecule has 1 unspecified atom stereocenters. The van der Waals surface area contributed by atoms with Gasteiger partial charge in [0.1, 0.15) is 4.32 Å². The van der Waals surface area contributed by atoms with Crippen LogP contribution in [0.5, 0.6) is 0 Å². The summed E-state index contributed by atoms with van der Waals surface area (Å²) in [4.78, 5) is 0. The smallest absolute Gasteiger partial charge is 0.139 e. The van der Waals surface area contributed by atoms with Crippen LogP contribution in [0.4, 0.5) is 0 Å². The third-order valence-corrected chi connectivity index (χ3v) is 5.70. The Balaban J connectivity index is 2.32. The quantitative estimate of drug-likeness (QED) is 0.691. The second kappa shape index (κ2) is 7.34. The van der Waals surface area contributed by atoms with Gasteiger partial charge in [0.15, 0.2) is 0 Å². The van der Waals surface area contributed by atoms with Crippen molar-refractivity contribution in [3.05, 3.63) is 34.3 Å². The van der Waals surface area contributed by atoms with E-state index in [1.807, 2.05) is 0 Å². The first-order valence-corrected chi connectivity index (χ1v) is 9.30. The molecule has 0 radical (unpaired) electrons. The minimum atomic E-state index is -0.122. The lowest BCUT2D eigenvalue weighted by Crippen LogP contribution is -2.47. The second-order valence-electron chi connectivity index (χ2n) is 5.32. The Morgan fingerprint density at radius 3 is 2.75 bits per heavy atom. The number of halogens is 1. The average Bonchev–Trinajstić information content (AvgIpc) is 2.93. The Kier molecular flexibility index (Phi) is 6.02. The number of thioether (sulfide) groups is 1. The van der Waals surface area contributed by atoms with E-state index in [1.165, 1.54) is 43.0 Å². The van der Waals surface area contributed by atoms with E-state index in [0.717, 1.165) is 8.79 Å². The van der Waals surface area contributed by atoms with Gasteiger partial charge in [-0.3, -0.25) is 0 Å². The van der Waals surface area contributed by atoms with E-state index in [1.54, 1.807) is 4.70 Å². The molecule has 1 aliphatic rings. The van der Waals surface area contributed by atoms with Gasteiger partial charge in [0.05, 0.1) is 5.54 Å². The third-order valence-electron chi connectivity index (χ3n) is 4.11. The van der Waals surface area contributed by atoms with Crippen LogP contribution in [0, 0.1) is 5.92 Å². The molecule has 1 N–H and O–H groups in total. The first-order chi connectivity index (χ1) is 9.56. The van der Waals surface area contributed by atoms with E-state index in [2.05, 4.69) is 52.4 Å². The van der Waals surface area contributed by atoms with Crippen LogP contribution in [0.2, 0.25) is 0 Å². The van der Waals surface area contributed by atoms with Crippen molar-refractivity contribution < 1.29 is 0 Å². The Bertz CT molecular complexity index is 500. The number of thiocarbonyl (C=S) groups is 2. The van der Waals surface area contributed by atoms with Gasteiger partial charge in [0.2, 0.25) is 0 Å². The summed E-state index contributed by atoms with van der Waals surface area (Å²) in [6.45, 7) is 2.26. The summed E-state index contributed by atoms with van der Waals surface area (Å²) in [5.41, 5.74) is 1.16. The molecule has 0 saturated heterocycles. The van der Waals surface area contributed by atoms with E-state index in [9.17, 15) is 0 Å². The molecule has 1 aliphatic carbocycles. The molecule has 0 aromatic heterocycles. The molecule has 1 aromatic rings. The molecule has 0 amide bonds. The van der Waals surface area contributed by atoms with Crippen molar-refractivity contribution >= 4 is 61.1 Å². The predicted octanol–water partition coefficient (Wildman–Crippen LogP) is 5.42. The SMILES string of the molecule is CC(NC(=S)SC=S)(c1cccc(Br)c1)C1CCCC1. The molecule has 2 rings (SSSR count). The molecule has 0 aliphatic heterocycles. The molecule has 20 heavy (non-hydrogen) atoms. The molecule has 108 valence electrons. The predicted molar refractivity (Wildman–Crippen MR) is 100 cm³/mol. The van der Waals surface area contributed by atoms with Crippen LogP contribution in [0.25, 0.3) is 0 Å². The zero-order valence-corrected chi connectivity index (χ0v) is 15.4. The average molecular weight is 388 g/mol. The molecular weight excluding hydrogens is 370 g/mol. The number of nitrogens with one attached hydrogen (secondary N) is 1.